The zero-order valence-electron chi connectivity index (χ0n) is 19.0. The lowest BCUT2D eigenvalue weighted by Crippen LogP contribution is -2.32. The van der Waals surface area contributed by atoms with Gasteiger partial charge in [-0.3, -0.25) is 14.5 Å². The molecule has 1 fully saturated rings. The van der Waals surface area contributed by atoms with Crippen LogP contribution in [0.15, 0.2) is 77.7 Å². The highest BCUT2D eigenvalue weighted by molar-refractivity contribution is 8.18. The number of amides is 2. The summed E-state index contributed by atoms with van der Waals surface area (Å²) in [5, 5.41) is -0.321. The number of nitrogens with zero attached hydrogens (tertiary/aromatic N) is 1. The summed E-state index contributed by atoms with van der Waals surface area (Å²) >= 11 is 0.918. The number of aryl methyl sites for hydroxylation is 1. The van der Waals surface area contributed by atoms with Crippen molar-refractivity contribution in [1.82, 2.24) is 4.90 Å². The molecule has 0 aromatic heterocycles. The van der Waals surface area contributed by atoms with Crippen LogP contribution in [0.25, 0.3) is 6.08 Å². The Morgan fingerprint density at radius 3 is 2.38 bits per heavy atom. The van der Waals surface area contributed by atoms with Crippen molar-refractivity contribution in [1.29, 1.82) is 0 Å². The second kappa shape index (κ2) is 10.9. The van der Waals surface area contributed by atoms with Crippen molar-refractivity contribution >= 4 is 29.0 Å². The molecule has 1 heterocycles. The first-order valence-electron chi connectivity index (χ1n) is 10.8. The molecule has 0 spiro atoms. The van der Waals surface area contributed by atoms with Crippen molar-refractivity contribution in [3.63, 3.8) is 0 Å². The molecule has 0 bridgehead atoms. The van der Waals surface area contributed by atoms with E-state index in [-0.39, 0.29) is 24.3 Å². The number of hydrogen-bond donors (Lipinski definition) is 0. The topological polar surface area (TPSA) is 65.1 Å². The van der Waals surface area contributed by atoms with Gasteiger partial charge in [-0.1, -0.05) is 60.2 Å². The van der Waals surface area contributed by atoms with Gasteiger partial charge >= 0.3 is 0 Å². The van der Waals surface area contributed by atoms with Crippen LogP contribution in [0.2, 0.25) is 0 Å². The third kappa shape index (κ3) is 5.61. The summed E-state index contributed by atoms with van der Waals surface area (Å²) in [7, 11) is 1.56. The molecule has 2 amide bonds. The third-order valence-corrected chi connectivity index (χ3v) is 6.10. The lowest BCUT2D eigenvalue weighted by atomic mass is 10.1. The van der Waals surface area contributed by atoms with Gasteiger partial charge in [-0.25, -0.2) is 0 Å². The van der Waals surface area contributed by atoms with E-state index < -0.39 is 0 Å². The fraction of sp³-hybridized carbons (Fsp3) is 0.185. The largest absolute Gasteiger partial charge is 0.493 e. The number of para-hydroxylation sites is 3. The molecule has 0 radical (unpaired) electrons. The first-order chi connectivity index (χ1) is 16.5. The Hall–Kier alpha value is -3.71. The average Bonchev–Trinajstić information content (AvgIpc) is 3.11. The molecule has 0 aliphatic carbocycles. The van der Waals surface area contributed by atoms with Gasteiger partial charge in [0.1, 0.15) is 19.0 Å². The van der Waals surface area contributed by atoms with Gasteiger partial charge in [0, 0.05) is 5.56 Å². The molecule has 0 saturated carbocycles. The average molecular weight is 476 g/mol. The van der Waals surface area contributed by atoms with Crippen LogP contribution < -0.4 is 14.2 Å². The van der Waals surface area contributed by atoms with Crippen molar-refractivity contribution in [2.45, 2.75) is 13.5 Å². The Bertz CT molecular complexity index is 1220. The van der Waals surface area contributed by atoms with E-state index in [4.69, 9.17) is 14.2 Å². The van der Waals surface area contributed by atoms with Gasteiger partial charge in [-0.2, -0.15) is 0 Å². The Morgan fingerprint density at radius 2 is 1.62 bits per heavy atom. The lowest BCUT2D eigenvalue weighted by molar-refractivity contribution is -0.123. The van der Waals surface area contributed by atoms with Crippen LogP contribution in [-0.4, -0.2) is 36.3 Å². The van der Waals surface area contributed by atoms with Crippen molar-refractivity contribution in [3.05, 3.63) is 94.4 Å². The molecule has 7 heteroatoms. The second-order valence-electron chi connectivity index (χ2n) is 7.65. The number of thioether (sulfide) groups is 1. The van der Waals surface area contributed by atoms with E-state index in [1.54, 1.807) is 25.3 Å². The quantitative estimate of drug-likeness (QED) is 0.370. The van der Waals surface area contributed by atoms with Gasteiger partial charge in [0.25, 0.3) is 11.1 Å². The molecule has 174 valence electrons. The molecule has 0 unspecified atom stereocenters. The van der Waals surface area contributed by atoms with Gasteiger partial charge < -0.3 is 14.2 Å². The minimum atomic E-state index is -0.341. The van der Waals surface area contributed by atoms with Crippen molar-refractivity contribution < 1.29 is 23.8 Å². The summed E-state index contributed by atoms with van der Waals surface area (Å²) in [6, 6.07) is 22.8. The first kappa shape index (κ1) is 23.4. The second-order valence-corrected chi connectivity index (χ2v) is 8.64. The smallest absolute Gasteiger partial charge is 0.293 e. The number of imide groups is 1. The Kier molecular flexibility index (Phi) is 7.54. The molecule has 1 saturated heterocycles. The van der Waals surface area contributed by atoms with E-state index >= 15 is 0 Å². The standard InChI is InChI=1S/C27H25NO5S/c1-19-8-7-9-20(16-19)18-33-22-11-4-3-10-21(22)17-25-26(29)28(27(30)34-25)14-15-32-24-13-6-5-12-23(24)31-2/h3-13,16-17H,14-15,18H2,1-2H3/b25-17-. The van der Waals surface area contributed by atoms with E-state index in [1.165, 1.54) is 4.90 Å². The number of methoxy groups -OCH3 is 1. The molecule has 3 aromatic carbocycles. The number of ether oxygens (including phenoxy) is 3. The van der Waals surface area contributed by atoms with Crippen LogP contribution >= 0.6 is 11.8 Å². The molecule has 1 aliphatic heterocycles. The molecule has 0 N–H and O–H groups in total. The van der Waals surface area contributed by atoms with Crippen LogP contribution in [0, 0.1) is 6.92 Å². The number of benzene rings is 3. The molecule has 1 aliphatic rings. The minimum Gasteiger partial charge on any atom is -0.493 e. The van der Waals surface area contributed by atoms with E-state index in [0.29, 0.717) is 28.8 Å². The summed E-state index contributed by atoms with van der Waals surface area (Å²) in [6.45, 7) is 2.76. The molecule has 3 aromatic rings. The van der Waals surface area contributed by atoms with Crippen LogP contribution in [0.1, 0.15) is 16.7 Å². The van der Waals surface area contributed by atoms with Gasteiger partial charge in [-0.05, 0) is 48.5 Å². The van der Waals surface area contributed by atoms with Gasteiger partial charge in [0.2, 0.25) is 0 Å². The summed E-state index contributed by atoms with van der Waals surface area (Å²) in [6.07, 6.45) is 1.71. The van der Waals surface area contributed by atoms with Crippen molar-refractivity contribution in [2.75, 3.05) is 20.3 Å². The number of carbonyl (C=O) groups excluding carboxylic acids is 2. The first-order valence-corrected chi connectivity index (χ1v) is 11.7. The van der Waals surface area contributed by atoms with E-state index in [9.17, 15) is 9.59 Å². The highest BCUT2D eigenvalue weighted by Crippen LogP contribution is 2.34. The minimum absolute atomic E-state index is 0.144. The van der Waals surface area contributed by atoms with Crippen LogP contribution in [0.5, 0.6) is 17.2 Å². The van der Waals surface area contributed by atoms with Gasteiger partial charge in [0.05, 0.1) is 18.6 Å². The Labute approximate surface area is 203 Å². The predicted molar refractivity (Wildman–Crippen MR) is 133 cm³/mol. The summed E-state index contributed by atoms with van der Waals surface area (Å²) in [4.78, 5) is 27.0. The lowest BCUT2D eigenvalue weighted by Gasteiger charge is -2.14. The fourth-order valence-electron chi connectivity index (χ4n) is 3.51. The SMILES string of the molecule is COc1ccccc1OCCN1C(=O)S/C(=C\c2ccccc2OCc2cccc(C)c2)C1=O. The molecule has 34 heavy (non-hydrogen) atoms. The number of hydrogen-bond acceptors (Lipinski definition) is 6. The maximum absolute atomic E-state index is 12.9. The normalized spacial score (nSPS) is 14.5. The molecular weight excluding hydrogens is 450 g/mol. The van der Waals surface area contributed by atoms with Crippen molar-refractivity contribution in [2.24, 2.45) is 0 Å². The Morgan fingerprint density at radius 1 is 0.882 bits per heavy atom. The van der Waals surface area contributed by atoms with E-state index in [2.05, 4.69) is 6.07 Å². The zero-order chi connectivity index (χ0) is 23.9. The maximum Gasteiger partial charge on any atom is 0.293 e. The number of carbonyl (C=O) groups is 2. The zero-order valence-corrected chi connectivity index (χ0v) is 19.8. The highest BCUT2D eigenvalue weighted by Gasteiger charge is 2.35. The fourth-order valence-corrected chi connectivity index (χ4v) is 4.37. The van der Waals surface area contributed by atoms with Crippen molar-refractivity contribution in [3.8, 4) is 17.2 Å². The molecule has 0 atom stereocenters. The van der Waals surface area contributed by atoms with Crippen LogP contribution in [-0.2, 0) is 11.4 Å². The monoisotopic (exact) mass is 475 g/mol. The summed E-state index contributed by atoms with van der Waals surface area (Å²) in [5.74, 6) is 1.47. The summed E-state index contributed by atoms with van der Waals surface area (Å²) in [5.41, 5.74) is 2.97. The molecular formula is C27H25NO5S. The highest BCUT2D eigenvalue weighted by atomic mass is 32.2. The molecule has 4 rings (SSSR count). The van der Waals surface area contributed by atoms with E-state index in [1.807, 2.05) is 61.5 Å². The van der Waals surface area contributed by atoms with Gasteiger partial charge in [0.15, 0.2) is 11.5 Å². The van der Waals surface area contributed by atoms with E-state index in [0.717, 1.165) is 28.5 Å². The molecule has 6 nitrogen and oxygen atoms in total. The van der Waals surface area contributed by atoms with Crippen LogP contribution in [0.3, 0.4) is 0 Å². The predicted octanol–water partition coefficient (Wildman–Crippen LogP) is 5.70. The summed E-state index contributed by atoms with van der Waals surface area (Å²) < 4.78 is 17.0. The third-order valence-electron chi connectivity index (χ3n) is 5.20. The van der Waals surface area contributed by atoms with Gasteiger partial charge in [-0.15, -0.1) is 0 Å². The number of rotatable bonds is 9. The van der Waals surface area contributed by atoms with Crippen LogP contribution in [0.4, 0.5) is 4.79 Å². The maximum atomic E-state index is 12.9. The Balaban J connectivity index is 1.42.